The molecular weight excluding hydrogens is 260 g/mol. The number of nitrogens with two attached hydrogens (primary N) is 1. The molecule has 1 fully saturated rings. The van der Waals surface area contributed by atoms with E-state index in [0.29, 0.717) is 6.04 Å². The SMILES string of the molecule is Cc1ccc(-c2ccc(N3CCC(N)CC3)nn2)c(C)c1. The third-order valence-electron chi connectivity index (χ3n) is 4.17. The van der Waals surface area contributed by atoms with E-state index >= 15 is 0 Å². The Bertz CT molecular complexity index is 613. The van der Waals surface area contributed by atoms with Crippen LogP contribution in [0.1, 0.15) is 24.0 Å². The Morgan fingerprint density at radius 1 is 1.05 bits per heavy atom. The number of anilines is 1. The van der Waals surface area contributed by atoms with Crippen LogP contribution in [-0.2, 0) is 0 Å². The van der Waals surface area contributed by atoms with Gasteiger partial charge in [-0.15, -0.1) is 10.2 Å². The summed E-state index contributed by atoms with van der Waals surface area (Å²) < 4.78 is 0. The van der Waals surface area contributed by atoms with Gasteiger partial charge in [0.1, 0.15) is 0 Å². The highest BCUT2D eigenvalue weighted by Gasteiger charge is 2.17. The van der Waals surface area contributed by atoms with Gasteiger partial charge in [-0.1, -0.05) is 23.8 Å². The van der Waals surface area contributed by atoms with E-state index in [-0.39, 0.29) is 0 Å². The van der Waals surface area contributed by atoms with Crippen LogP contribution in [0.2, 0.25) is 0 Å². The fourth-order valence-electron chi connectivity index (χ4n) is 2.87. The second-order valence-electron chi connectivity index (χ2n) is 5.92. The van der Waals surface area contributed by atoms with E-state index in [4.69, 9.17) is 5.73 Å². The van der Waals surface area contributed by atoms with Crippen LogP contribution < -0.4 is 10.6 Å². The molecule has 3 rings (SSSR count). The molecule has 0 saturated carbocycles. The summed E-state index contributed by atoms with van der Waals surface area (Å²) in [5, 5.41) is 8.81. The van der Waals surface area contributed by atoms with Crippen molar-refractivity contribution in [3.05, 3.63) is 41.5 Å². The zero-order chi connectivity index (χ0) is 14.8. The van der Waals surface area contributed by atoms with Gasteiger partial charge in [0.05, 0.1) is 5.69 Å². The summed E-state index contributed by atoms with van der Waals surface area (Å²) in [5.74, 6) is 0.954. The number of benzene rings is 1. The molecular formula is C17H22N4. The molecule has 0 radical (unpaired) electrons. The summed E-state index contributed by atoms with van der Waals surface area (Å²) in [6, 6.07) is 10.9. The molecule has 21 heavy (non-hydrogen) atoms. The average molecular weight is 282 g/mol. The minimum absolute atomic E-state index is 0.337. The summed E-state index contributed by atoms with van der Waals surface area (Å²) >= 11 is 0. The number of piperidine rings is 1. The molecule has 1 aliphatic heterocycles. The Hall–Kier alpha value is -1.94. The highest BCUT2D eigenvalue weighted by molar-refractivity contribution is 5.64. The van der Waals surface area contributed by atoms with Crippen molar-refractivity contribution in [3.63, 3.8) is 0 Å². The maximum absolute atomic E-state index is 5.94. The molecule has 1 saturated heterocycles. The van der Waals surface area contributed by atoms with E-state index < -0.39 is 0 Å². The lowest BCUT2D eigenvalue weighted by molar-refractivity contribution is 0.497. The fraction of sp³-hybridized carbons (Fsp3) is 0.412. The van der Waals surface area contributed by atoms with Crippen molar-refractivity contribution < 1.29 is 0 Å². The third-order valence-corrected chi connectivity index (χ3v) is 4.17. The maximum atomic E-state index is 5.94. The van der Waals surface area contributed by atoms with Gasteiger partial charge in [-0.05, 0) is 44.4 Å². The molecule has 1 aromatic heterocycles. The topological polar surface area (TPSA) is 55.0 Å². The fourth-order valence-corrected chi connectivity index (χ4v) is 2.87. The first-order chi connectivity index (χ1) is 10.1. The quantitative estimate of drug-likeness (QED) is 0.920. The Labute approximate surface area is 126 Å². The molecule has 1 aromatic carbocycles. The maximum Gasteiger partial charge on any atom is 0.151 e. The van der Waals surface area contributed by atoms with Gasteiger partial charge in [0.15, 0.2) is 5.82 Å². The molecule has 2 heterocycles. The van der Waals surface area contributed by atoms with E-state index in [2.05, 4.69) is 59.3 Å². The van der Waals surface area contributed by atoms with Gasteiger partial charge in [0, 0.05) is 24.7 Å². The van der Waals surface area contributed by atoms with Crippen molar-refractivity contribution in [1.29, 1.82) is 0 Å². The Balaban J connectivity index is 1.80. The zero-order valence-electron chi connectivity index (χ0n) is 12.7. The first-order valence-electron chi connectivity index (χ1n) is 7.55. The lowest BCUT2D eigenvalue weighted by Gasteiger charge is -2.30. The Morgan fingerprint density at radius 3 is 2.43 bits per heavy atom. The lowest BCUT2D eigenvalue weighted by atomic mass is 10.0. The molecule has 2 aromatic rings. The molecule has 1 aliphatic rings. The Morgan fingerprint density at radius 2 is 1.81 bits per heavy atom. The predicted octanol–water partition coefficient (Wildman–Crippen LogP) is 2.69. The monoisotopic (exact) mass is 282 g/mol. The van der Waals surface area contributed by atoms with Gasteiger partial charge in [0.2, 0.25) is 0 Å². The molecule has 2 N–H and O–H groups in total. The second-order valence-corrected chi connectivity index (χ2v) is 5.92. The minimum atomic E-state index is 0.337. The molecule has 0 aliphatic carbocycles. The summed E-state index contributed by atoms with van der Waals surface area (Å²) in [7, 11) is 0. The average Bonchev–Trinajstić information content (AvgIpc) is 2.48. The number of hydrogen-bond acceptors (Lipinski definition) is 4. The third kappa shape index (κ3) is 3.05. The van der Waals surface area contributed by atoms with Crippen LogP contribution in [0, 0.1) is 13.8 Å². The van der Waals surface area contributed by atoms with Crippen LogP contribution in [-0.4, -0.2) is 29.3 Å². The van der Waals surface area contributed by atoms with Crippen LogP contribution in [0.4, 0.5) is 5.82 Å². The van der Waals surface area contributed by atoms with Crippen LogP contribution in [0.15, 0.2) is 30.3 Å². The highest BCUT2D eigenvalue weighted by Crippen LogP contribution is 2.24. The number of hydrogen-bond donors (Lipinski definition) is 1. The summed E-state index contributed by atoms with van der Waals surface area (Å²) in [6.07, 6.45) is 2.06. The molecule has 0 unspecified atom stereocenters. The van der Waals surface area contributed by atoms with E-state index in [0.717, 1.165) is 43.0 Å². The smallest absolute Gasteiger partial charge is 0.151 e. The number of nitrogens with zero attached hydrogens (tertiary/aromatic N) is 3. The van der Waals surface area contributed by atoms with Crippen LogP contribution in [0.5, 0.6) is 0 Å². The van der Waals surface area contributed by atoms with E-state index in [9.17, 15) is 0 Å². The van der Waals surface area contributed by atoms with Crippen molar-refractivity contribution >= 4 is 5.82 Å². The largest absolute Gasteiger partial charge is 0.355 e. The van der Waals surface area contributed by atoms with E-state index in [1.807, 2.05) is 0 Å². The number of rotatable bonds is 2. The molecule has 110 valence electrons. The van der Waals surface area contributed by atoms with E-state index in [1.54, 1.807) is 0 Å². The molecule has 4 heteroatoms. The van der Waals surface area contributed by atoms with Crippen molar-refractivity contribution in [1.82, 2.24) is 10.2 Å². The van der Waals surface area contributed by atoms with Gasteiger partial charge < -0.3 is 10.6 Å². The van der Waals surface area contributed by atoms with Crippen LogP contribution in [0.3, 0.4) is 0 Å². The second kappa shape index (κ2) is 5.82. The minimum Gasteiger partial charge on any atom is -0.355 e. The predicted molar refractivity (Wildman–Crippen MR) is 86.4 cm³/mol. The van der Waals surface area contributed by atoms with Gasteiger partial charge >= 0.3 is 0 Å². The first kappa shape index (κ1) is 14.0. The molecule has 4 nitrogen and oxygen atoms in total. The molecule has 0 spiro atoms. The van der Waals surface area contributed by atoms with Gasteiger partial charge in [-0.25, -0.2) is 0 Å². The van der Waals surface area contributed by atoms with Crippen molar-refractivity contribution in [2.75, 3.05) is 18.0 Å². The number of aromatic nitrogens is 2. The van der Waals surface area contributed by atoms with Crippen molar-refractivity contribution in [3.8, 4) is 11.3 Å². The zero-order valence-corrected chi connectivity index (χ0v) is 12.7. The molecule has 0 amide bonds. The highest BCUT2D eigenvalue weighted by atomic mass is 15.3. The van der Waals surface area contributed by atoms with Gasteiger partial charge in [-0.2, -0.15) is 0 Å². The van der Waals surface area contributed by atoms with Gasteiger partial charge in [0.25, 0.3) is 0 Å². The summed E-state index contributed by atoms with van der Waals surface area (Å²) in [5.41, 5.74) is 10.5. The molecule has 0 bridgehead atoms. The van der Waals surface area contributed by atoms with Crippen molar-refractivity contribution in [2.24, 2.45) is 5.73 Å². The normalized spacial score (nSPS) is 16.2. The van der Waals surface area contributed by atoms with Crippen LogP contribution in [0.25, 0.3) is 11.3 Å². The standard InChI is InChI=1S/C17H22N4/c1-12-3-4-15(13(2)11-12)16-5-6-17(20-19-16)21-9-7-14(18)8-10-21/h3-6,11,14H,7-10,18H2,1-2H3. The van der Waals surface area contributed by atoms with Gasteiger partial charge in [-0.3, -0.25) is 0 Å². The number of aryl methyl sites for hydroxylation is 2. The molecule has 0 atom stereocenters. The first-order valence-corrected chi connectivity index (χ1v) is 7.55. The van der Waals surface area contributed by atoms with Crippen molar-refractivity contribution in [2.45, 2.75) is 32.7 Å². The summed E-state index contributed by atoms with van der Waals surface area (Å²) in [6.45, 7) is 6.16. The summed E-state index contributed by atoms with van der Waals surface area (Å²) in [4.78, 5) is 2.27. The lowest BCUT2D eigenvalue weighted by Crippen LogP contribution is -2.40. The van der Waals surface area contributed by atoms with Crippen LogP contribution >= 0.6 is 0 Å². The Kier molecular flexibility index (Phi) is 3.88. The van der Waals surface area contributed by atoms with E-state index in [1.165, 1.54) is 11.1 Å².